The van der Waals surface area contributed by atoms with E-state index >= 15 is 0 Å². The van der Waals surface area contributed by atoms with Crippen molar-refractivity contribution in [3.8, 4) is 0 Å². The summed E-state index contributed by atoms with van der Waals surface area (Å²) in [5.74, 6) is -0.735. The molecule has 0 aromatic heterocycles. The first kappa shape index (κ1) is 19.4. The van der Waals surface area contributed by atoms with Crippen molar-refractivity contribution in [2.75, 3.05) is 27.2 Å². The normalized spacial score (nSPS) is 11.8. The maximum absolute atomic E-state index is 11.5. The molecule has 1 N–H and O–H groups in total. The molecule has 0 aliphatic carbocycles. The van der Waals surface area contributed by atoms with Crippen LogP contribution in [0.3, 0.4) is 0 Å². The molecule has 0 rings (SSSR count). The zero-order valence-corrected chi connectivity index (χ0v) is 13.9. The van der Waals surface area contributed by atoms with Gasteiger partial charge >= 0.3 is 5.97 Å². The van der Waals surface area contributed by atoms with Crippen LogP contribution in [0.1, 0.15) is 65.2 Å². The van der Waals surface area contributed by atoms with Crippen LogP contribution < -0.4 is 0 Å². The molecular weight excluding hydrogens is 252 g/mol. The Morgan fingerprint density at radius 3 is 1.55 bits per heavy atom. The molecule has 0 saturated carbocycles. The lowest BCUT2D eigenvalue weighted by atomic mass is 10.2. The fraction of sp³-hybridized carbons (Fsp3) is 0.938. The van der Waals surface area contributed by atoms with Crippen molar-refractivity contribution in [2.24, 2.45) is 0 Å². The molecule has 0 unspecified atom stereocenters. The maximum atomic E-state index is 11.5. The second kappa shape index (κ2) is 12.2. The van der Waals surface area contributed by atoms with Crippen LogP contribution >= 0.6 is 0 Å². The molecule has 0 bridgehead atoms. The molecule has 0 aliphatic rings. The first-order valence-corrected chi connectivity index (χ1v) is 8.17. The van der Waals surface area contributed by atoms with Crippen LogP contribution in [-0.2, 0) is 4.79 Å². The van der Waals surface area contributed by atoms with E-state index in [1.807, 2.05) is 23.9 Å². The van der Waals surface area contributed by atoms with Crippen LogP contribution in [0.5, 0.6) is 0 Å². The van der Waals surface area contributed by atoms with Crippen LogP contribution in [0, 0.1) is 0 Å². The Hall–Kier alpha value is -0.610. The smallest absolute Gasteiger partial charge is 0.336 e. The van der Waals surface area contributed by atoms with Gasteiger partial charge in [0.1, 0.15) is 0 Å². The molecule has 0 amide bonds. The number of nitrogens with zero attached hydrogens (tertiary/aromatic N) is 2. The third-order valence-electron chi connectivity index (χ3n) is 3.78. The Bertz CT molecular complexity index is 229. The largest absolute Gasteiger partial charge is 0.479 e. The lowest BCUT2D eigenvalue weighted by Crippen LogP contribution is -2.50. The van der Waals surface area contributed by atoms with Gasteiger partial charge < -0.3 is 5.11 Å². The van der Waals surface area contributed by atoms with Gasteiger partial charge in [-0.05, 0) is 40.0 Å². The average molecular weight is 286 g/mol. The van der Waals surface area contributed by atoms with Gasteiger partial charge in [0, 0.05) is 0 Å². The molecule has 0 radical (unpaired) electrons. The van der Waals surface area contributed by atoms with Gasteiger partial charge in [-0.25, -0.2) is 4.79 Å². The van der Waals surface area contributed by atoms with Crippen molar-refractivity contribution < 1.29 is 9.90 Å². The lowest BCUT2D eigenvalue weighted by molar-refractivity contribution is -0.149. The number of carboxylic acid groups (broad SMARTS) is 1. The van der Waals surface area contributed by atoms with Crippen molar-refractivity contribution in [3.63, 3.8) is 0 Å². The summed E-state index contributed by atoms with van der Waals surface area (Å²) in [6.07, 6.45) is 8.94. The highest BCUT2D eigenvalue weighted by molar-refractivity contribution is 5.72. The third kappa shape index (κ3) is 8.54. The minimum Gasteiger partial charge on any atom is -0.479 e. The quantitative estimate of drug-likeness (QED) is 0.416. The van der Waals surface area contributed by atoms with E-state index in [-0.39, 0.29) is 0 Å². The zero-order chi connectivity index (χ0) is 15.4. The summed E-state index contributed by atoms with van der Waals surface area (Å²) in [4.78, 5) is 15.4. The van der Waals surface area contributed by atoms with Crippen molar-refractivity contribution in [1.29, 1.82) is 0 Å². The molecule has 0 aromatic rings. The van der Waals surface area contributed by atoms with Crippen molar-refractivity contribution in [1.82, 2.24) is 9.80 Å². The Balaban J connectivity index is 4.14. The molecule has 0 heterocycles. The Morgan fingerprint density at radius 2 is 1.25 bits per heavy atom. The molecule has 120 valence electrons. The van der Waals surface area contributed by atoms with Crippen LogP contribution in [-0.4, -0.2) is 54.2 Å². The summed E-state index contributed by atoms with van der Waals surface area (Å²) in [6, 6.07) is 0. The first-order valence-electron chi connectivity index (χ1n) is 8.17. The second-order valence-corrected chi connectivity index (χ2v) is 5.79. The SMILES string of the molecule is CCCCCCN(C)C(C(=O)O)N(C)CCCCCC. The number of rotatable bonds is 13. The molecule has 0 fully saturated rings. The van der Waals surface area contributed by atoms with Gasteiger partial charge in [-0.2, -0.15) is 0 Å². The topological polar surface area (TPSA) is 43.8 Å². The zero-order valence-electron chi connectivity index (χ0n) is 13.9. The van der Waals surface area contributed by atoms with Crippen LogP contribution in [0.25, 0.3) is 0 Å². The fourth-order valence-corrected chi connectivity index (χ4v) is 2.53. The summed E-state index contributed by atoms with van der Waals surface area (Å²) in [5.41, 5.74) is 0. The Kier molecular flexibility index (Phi) is 11.8. The summed E-state index contributed by atoms with van der Waals surface area (Å²) < 4.78 is 0. The van der Waals surface area contributed by atoms with Crippen LogP contribution in [0.4, 0.5) is 0 Å². The van der Waals surface area contributed by atoms with Crippen LogP contribution in [0.15, 0.2) is 0 Å². The summed E-state index contributed by atoms with van der Waals surface area (Å²) in [6.45, 7) is 6.09. The van der Waals surface area contributed by atoms with E-state index in [4.69, 9.17) is 0 Å². The predicted octanol–water partition coefficient (Wildman–Crippen LogP) is 3.42. The van der Waals surface area contributed by atoms with Gasteiger partial charge in [0.25, 0.3) is 0 Å². The molecule has 0 aliphatic heterocycles. The fourth-order valence-electron chi connectivity index (χ4n) is 2.53. The number of hydrogen-bond acceptors (Lipinski definition) is 3. The van der Waals surface area contributed by atoms with Crippen molar-refractivity contribution in [2.45, 2.75) is 71.4 Å². The molecule has 0 spiro atoms. The second-order valence-electron chi connectivity index (χ2n) is 5.79. The number of unbranched alkanes of at least 4 members (excludes halogenated alkanes) is 6. The van der Waals surface area contributed by atoms with Gasteiger partial charge in [-0.15, -0.1) is 0 Å². The van der Waals surface area contributed by atoms with E-state index in [1.54, 1.807) is 0 Å². The summed E-state index contributed by atoms with van der Waals surface area (Å²) in [5, 5.41) is 9.44. The van der Waals surface area contributed by atoms with Crippen LogP contribution in [0.2, 0.25) is 0 Å². The standard InChI is InChI=1S/C16H34N2O2/c1-5-7-9-11-13-17(3)15(16(19)20)18(4)14-12-10-8-6-2/h15H,5-14H2,1-4H3,(H,19,20). The van der Waals surface area contributed by atoms with E-state index in [0.29, 0.717) is 0 Å². The predicted molar refractivity (Wildman–Crippen MR) is 85.0 cm³/mol. The highest BCUT2D eigenvalue weighted by Gasteiger charge is 2.26. The Labute approximate surface area is 125 Å². The highest BCUT2D eigenvalue weighted by atomic mass is 16.4. The molecule has 0 atom stereocenters. The molecule has 4 nitrogen and oxygen atoms in total. The summed E-state index contributed by atoms with van der Waals surface area (Å²) >= 11 is 0. The molecule has 0 saturated heterocycles. The van der Waals surface area contributed by atoms with E-state index in [9.17, 15) is 9.90 Å². The van der Waals surface area contributed by atoms with Gasteiger partial charge in [0.05, 0.1) is 0 Å². The third-order valence-corrected chi connectivity index (χ3v) is 3.78. The number of likely N-dealkylation sites (N-methyl/N-ethyl adjacent to an activating group) is 2. The van der Waals surface area contributed by atoms with Crippen molar-refractivity contribution in [3.05, 3.63) is 0 Å². The molecule has 20 heavy (non-hydrogen) atoms. The van der Waals surface area contributed by atoms with Gasteiger partial charge in [0.15, 0.2) is 6.17 Å². The van der Waals surface area contributed by atoms with Crippen molar-refractivity contribution >= 4 is 5.97 Å². The van der Waals surface area contributed by atoms with Gasteiger partial charge in [0.2, 0.25) is 0 Å². The number of carboxylic acids is 1. The minimum atomic E-state index is -0.735. The Morgan fingerprint density at radius 1 is 0.850 bits per heavy atom. The average Bonchev–Trinajstić information content (AvgIpc) is 2.39. The highest BCUT2D eigenvalue weighted by Crippen LogP contribution is 2.09. The van der Waals surface area contributed by atoms with E-state index < -0.39 is 12.1 Å². The molecular formula is C16H34N2O2. The number of hydrogen-bond donors (Lipinski definition) is 1. The number of carbonyl (C=O) groups is 1. The monoisotopic (exact) mass is 286 g/mol. The number of aliphatic carboxylic acids is 1. The van der Waals surface area contributed by atoms with Gasteiger partial charge in [-0.3, -0.25) is 9.80 Å². The van der Waals surface area contributed by atoms with E-state index in [1.165, 1.54) is 38.5 Å². The van der Waals surface area contributed by atoms with E-state index in [2.05, 4.69) is 13.8 Å². The summed E-state index contributed by atoms with van der Waals surface area (Å²) in [7, 11) is 3.85. The molecule has 0 aromatic carbocycles. The van der Waals surface area contributed by atoms with Gasteiger partial charge in [-0.1, -0.05) is 52.4 Å². The van der Waals surface area contributed by atoms with E-state index in [0.717, 1.165) is 25.9 Å². The minimum absolute atomic E-state index is 0.488. The first-order chi connectivity index (χ1) is 9.54. The molecule has 4 heteroatoms. The maximum Gasteiger partial charge on any atom is 0.336 e. The lowest BCUT2D eigenvalue weighted by Gasteiger charge is -2.32.